The minimum absolute atomic E-state index is 0.0256. The van der Waals surface area contributed by atoms with Crippen LogP contribution in [0.25, 0.3) is 0 Å². The van der Waals surface area contributed by atoms with Gasteiger partial charge in [-0.15, -0.1) is 0 Å². The number of amides is 1. The van der Waals surface area contributed by atoms with Crippen LogP contribution in [0.1, 0.15) is 62.5 Å². The summed E-state index contributed by atoms with van der Waals surface area (Å²) in [4.78, 5) is 16.3. The normalized spacial score (nSPS) is 25.6. The molecule has 1 atom stereocenters. The van der Waals surface area contributed by atoms with Crippen molar-refractivity contribution in [3.8, 4) is 0 Å². The lowest BCUT2D eigenvalue weighted by atomic mass is 9.56. The number of ether oxygens (including phenoxy) is 1. The molecule has 9 heteroatoms. The number of carbonyl (C=O) groups excluding carboxylic acids is 1. The van der Waals surface area contributed by atoms with E-state index in [1.165, 1.54) is 5.56 Å². The molecule has 1 amide bonds. The van der Waals surface area contributed by atoms with Crippen molar-refractivity contribution in [2.45, 2.75) is 75.0 Å². The molecular formula is C22H34BN4O4. The fourth-order valence-corrected chi connectivity index (χ4v) is 5.02. The number of aliphatic imine (C=N–C) groups is 1. The van der Waals surface area contributed by atoms with Crippen LogP contribution in [0.3, 0.4) is 0 Å². The van der Waals surface area contributed by atoms with Crippen molar-refractivity contribution >= 4 is 19.6 Å². The van der Waals surface area contributed by atoms with Gasteiger partial charge in [0.25, 0.3) is 0 Å². The highest BCUT2D eigenvalue weighted by Gasteiger charge is 2.49. The molecule has 3 aliphatic carbocycles. The van der Waals surface area contributed by atoms with Crippen molar-refractivity contribution in [1.29, 1.82) is 0 Å². The lowest BCUT2D eigenvalue weighted by Gasteiger charge is -2.53. The van der Waals surface area contributed by atoms with Crippen LogP contribution in [0.4, 0.5) is 0 Å². The predicted molar refractivity (Wildman–Crippen MR) is 120 cm³/mol. The van der Waals surface area contributed by atoms with E-state index < -0.39 is 6.23 Å². The molecule has 3 saturated carbocycles. The van der Waals surface area contributed by atoms with E-state index in [0.717, 1.165) is 44.1 Å². The Kier molecular flexibility index (Phi) is 7.97. The summed E-state index contributed by atoms with van der Waals surface area (Å²) in [5, 5.41) is 11.7. The number of nitrogens with zero attached hydrogens (tertiary/aromatic N) is 1. The number of guanidine groups is 1. The third-order valence-electron chi connectivity index (χ3n) is 7.01. The van der Waals surface area contributed by atoms with E-state index in [1.54, 1.807) is 0 Å². The van der Waals surface area contributed by atoms with Gasteiger partial charge in [0.05, 0.1) is 12.0 Å². The van der Waals surface area contributed by atoms with Gasteiger partial charge in [0, 0.05) is 13.7 Å². The average Bonchev–Trinajstić information content (AvgIpc) is 2.78. The molecule has 0 unspecified atom stereocenters. The maximum atomic E-state index is 12.5. The van der Waals surface area contributed by atoms with E-state index >= 15 is 0 Å². The maximum Gasteiger partial charge on any atom is 0.486 e. The van der Waals surface area contributed by atoms with Crippen molar-refractivity contribution in [3.05, 3.63) is 35.4 Å². The summed E-state index contributed by atoms with van der Waals surface area (Å²) in [5.74, 6) is -0.141. The highest BCUT2D eigenvalue weighted by molar-refractivity contribution is 6.15. The van der Waals surface area contributed by atoms with Gasteiger partial charge in [-0.1, -0.05) is 24.3 Å². The van der Waals surface area contributed by atoms with E-state index in [1.807, 2.05) is 19.2 Å². The third-order valence-corrected chi connectivity index (χ3v) is 7.01. The molecule has 0 aliphatic heterocycles. The number of hydrogen-bond acceptors (Lipinski definition) is 5. The molecule has 1 radical (unpaired) electrons. The SMILES string of the molecule is COC12CCC(c3ccc(CC(=O)N[C@@H](CCCN=C(N)N)O[B]O)cc3)(CC1)CC2. The topological polar surface area (TPSA) is 132 Å². The summed E-state index contributed by atoms with van der Waals surface area (Å²) in [6.07, 6.45) is 7.57. The van der Waals surface area contributed by atoms with E-state index in [9.17, 15) is 4.79 Å². The Bertz CT molecular complexity index is 743. The zero-order chi connectivity index (χ0) is 22.3. The molecule has 31 heavy (non-hydrogen) atoms. The average molecular weight is 429 g/mol. The Morgan fingerprint density at radius 1 is 1.19 bits per heavy atom. The fraction of sp³-hybridized carbons (Fsp3) is 0.636. The molecule has 8 nitrogen and oxygen atoms in total. The van der Waals surface area contributed by atoms with Crippen LogP contribution in [-0.4, -0.2) is 50.1 Å². The molecule has 0 spiro atoms. The van der Waals surface area contributed by atoms with E-state index in [4.69, 9.17) is 25.9 Å². The highest BCUT2D eigenvalue weighted by atomic mass is 16.5. The Balaban J connectivity index is 1.52. The number of nitrogens with two attached hydrogens (primary N) is 2. The second-order valence-corrected chi connectivity index (χ2v) is 8.79. The summed E-state index contributed by atoms with van der Waals surface area (Å²) < 4.78 is 10.9. The van der Waals surface area contributed by atoms with Gasteiger partial charge in [0.15, 0.2) is 5.96 Å². The smallest absolute Gasteiger partial charge is 0.429 e. The summed E-state index contributed by atoms with van der Waals surface area (Å²) in [6.45, 7) is 0.429. The first-order valence-corrected chi connectivity index (χ1v) is 11.0. The van der Waals surface area contributed by atoms with E-state index in [-0.39, 0.29) is 29.3 Å². The molecule has 2 bridgehead atoms. The van der Waals surface area contributed by atoms with Crippen LogP contribution in [0.2, 0.25) is 0 Å². The molecule has 0 aromatic heterocycles. The van der Waals surface area contributed by atoms with Crippen LogP contribution in [-0.2, 0) is 26.0 Å². The van der Waals surface area contributed by atoms with E-state index in [2.05, 4.69) is 22.4 Å². The first-order chi connectivity index (χ1) is 14.9. The van der Waals surface area contributed by atoms with Gasteiger partial charge in [-0.25, -0.2) is 0 Å². The van der Waals surface area contributed by atoms with Crippen molar-refractivity contribution < 1.29 is 19.2 Å². The first-order valence-electron chi connectivity index (χ1n) is 11.0. The number of nitrogens with one attached hydrogen (secondary N) is 1. The summed E-state index contributed by atoms with van der Waals surface area (Å²) in [7, 11) is 2.43. The lowest BCUT2D eigenvalue weighted by molar-refractivity contribution is -0.123. The van der Waals surface area contributed by atoms with Gasteiger partial charge in [-0.3, -0.25) is 9.79 Å². The van der Waals surface area contributed by atoms with Crippen LogP contribution < -0.4 is 16.8 Å². The van der Waals surface area contributed by atoms with Crippen molar-refractivity contribution in [3.63, 3.8) is 0 Å². The number of methoxy groups -OCH3 is 1. The Morgan fingerprint density at radius 3 is 2.39 bits per heavy atom. The molecular weight excluding hydrogens is 395 g/mol. The minimum atomic E-state index is -0.629. The fourth-order valence-electron chi connectivity index (χ4n) is 5.02. The quantitative estimate of drug-likeness (QED) is 0.138. The number of hydrogen-bond donors (Lipinski definition) is 4. The van der Waals surface area contributed by atoms with Crippen molar-refractivity contribution in [2.24, 2.45) is 16.5 Å². The van der Waals surface area contributed by atoms with Crippen LogP contribution in [0.15, 0.2) is 29.3 Å². The van der Waals surface area contributed by atoms with E-state index in [0.29, 0.717) is 27.1 Å². The summed E-state index contributed by atoms with van der Waals surface area (Å²) >= 11 is 0. The first kappa shape index (κ1) is 23.6. The minimum Gasteiger partial charge on any atom is -0.429 e. The Labute approximate surface area is 185 Å². The number of fused-ring (bicyclic) bond motifs is 3. The largest absolute Gasteiger partial charge is 0.486 e. The second-order valence-electron chi connectivity index (χ2n) is 8.79. The Hall–Kier alpha value is -2.10. The van der Waals surface area contributed by atoms with Crippen molar-refractivity contribution in [2.75, 3.05) is 13.7 Å². The molecule has 0 heterocycles. The van der Waals surface area contributed by atoms with Gasteiger partial charge >= 0.3 is 7.69 Å². The molecule has 3 aliphatic rings. The number of carbonyl (C=O) groups is 1. The molecule has 6 N–H and O–H groups in total. The van der Waals surface area contributed by atoms with Gasteiger partial charge in [-0.05, 0) is 67.9 Å². The molecule has 0 saturated heterocycles. The molecule has 1 aromatic rings. The van der Waals surface area contributed by atoms with Crippen LogP contribution >= 0.6 is 0 Å². The van der Waals surface area contributed by atoms with Crippen molar-refractivity contribution in [1.82, 2.24) is 5.32 Å². The van der Waals surface area contributed by atoms with Gasteiger partial charge in [-0.2, -0.15) is 0 Å². The molecule has 169 valence electrons. The zero-order valence-electron chi connectivity index (χ0n) is 18.3. The lowest BCUT2D eigenvalue weighted by Crippen LogP contribution is -2.49. The zero-order valence-corrected chi connectivity index (χ0v) is 18.3. The van der Waals surface area contributed by atoms with Crippen LogP contribution in [0.5, 0.6) is 0 Å². The standard InChI is InChI=1S/C22H34BN4O4/c1-30-22-11-8-21(9-12-22,10-13-22)17-6-4-16(5-7-17)15-18(28)27-19(31-23-29)3-2-14-26-20(24)25/h4-7,19,29H,2-3,8-15H2,1H3,(H,27,28)(H4,24,25,26)/t19-,21?,22?/m1/s1. The van der Waals surface area contributed by atoms with Gasteiger partial charge < -0.3 is 31.2 Å². The molecule has 3 fully saturated rings. The maximum absolute atomic E-state index is 12.5. The van der Waals surface area contributed by atoms with Gasteiger partial charge in [0.2, 0.25) is 5.91 Å². The second kappa shape index (κ2) is 10.5. The van der Waals surface area contributed by atoms with Crippen LogP contribution in [0, 0.1) is 0 Å². The summed E-state index contributed by atoms with van der Waals surface area (Å²) in [6, 6.07) is 8.45. The molecule has 4 rings (SSSR count). The number of benzene rings is 1. The van der Waals surface area contributed by atoms with Gasteiger partial charge in [0.1, 0.15) is 6.23 Å². The summed E-state index contributed by atoms with van der Waals surface area (Å²) in [5.41, 5.74) is 13.3. The monoisotopic (exact) mass is 429 g/mol. The number of rotatable bonds is 11. The molecule has 1 aromatic carbocycles. The third kappa shape index (κ3) is 5.99. The highest BCUT2D eigenvalue weighted by Crippen LogP contribution is 2.54. The predicted octanol–water partition coefficient (Wildman–Crippen LogP) is 1.26. The Morgan fingerprint density at radius 2 is 1.84 bits per heavy atom.